The van der Waals surface area contributed by atoms with Gasteiger partial charge in [0, 0.05) is 17.8 Å². The van der Waals surface area contributed by atoms with E-state index in [1.165, 1.54) is 24.3 Å². The van der Waals surface area contributed by atoms with Crippen LogP contribution >= 0.6 is 0 Å². The highest BCUT2D eigenvalue weighted by Gasteiger charge is 2.75. The molecule has 0 aliphatic carbocycles. The van der Waals surface area contributed by atoms with Crippen molar-refractivity contribution in [3.8, 4) is 11.5 Å². The molecule has 0 spiro atoms. The Morgan fingerprint density at radius 1 is 1.06 bits per heavy atom. The number of aromatic hydroxyl groups is 1. The van der Waals surface area contributed by atoms with E-state index < -0.39 is 52.9 Å². The first-order chi connectivity index (χ1) is 14.7. The summed E-state index contributed by atoms with van der Waals surface area (Å²) in [6.45, 7) is -2.39. The SMILES string of the molecule is O=[N+]([O-])c1cccc(C=Nc2ccccc2OCC(F)(F)C(F)(F)C(F)(F)C(F)F)c1O. The fourth-order valence-electron chi connectivity index (χ4n) is 2.27. The molecule has 0 atom stereocenters. The van der Waals surface area contributed by atoms with E-state index in [4.69, 9.17) is 0 Å². The van der Waals surface area contributed by atoms with E-state index in [0.29, 0.717) is 0 Å². The minimum absolute atomic E-state index is 0.178. The standard InChI is InChI=1S/C18H12F8N2O4/c19-15(20)17(23,24)18(25,26)16(21,22)9-32-13-7-2-1-5-11(13)27-8-10-4-3-6-12(14(10)29)28(30)31/h1-8,15,29H,9H2. The Morgan fingerprint density at radius 3 is 2.28 bits per heavy atom. The Morgan fingerprint density at radius 2 is 1.69 bits per heavy atom. The van der Waals surface area contributed by atoms with Crippen LogP contribution in [0.15, 0.2) is 47.5 Å². The van der Waals surface area contributed by atoms with Crippen molar-refractivity contribution >= 4 is 17.6 Å². The Balaban J connectivity index is 2.28. The van der Waals surface area contributed by atoms with Crippen molar-refractivity contribution in [2.45, 2.75) is 24.2 Å². The van der Waals surface area contributed by atoms with Crippen molar-refractivity contribution in [2.75, 3.05) is 6.61 Å². The predicted octanol–water partition coefficient (Wildman–Crippen LogP) is 5.60. The molecule has 0 saturated heterocycles. The second-order valence-electron chi connectivity index (χ2n) is 6.19. The van der Waals surface area contributed by atoms with Crippen molar-refractivity contribution < 1.29 is 49.9 Å². The number of hydrogen-bond acceptors (Lipinski definition) is 5. The summed E-state index contributed by atoms with van der Waals surface area (Å²) in [5.74, 6) is -19.8. The molecule has 2 aromatic rings. The molecular formula is C18H12F8N2O4. The average molecular weight is 472 g/mol. The molecule has 0 radical (unpaired) electrons. The van der Waals surface area contributed by atoms with E-state index in [1.54, 1.807) is 0 Å². The largest absolute Gasteiger partial charge is 0.502 e. The lowest BCUT2D eigenvalue weighted by Crippen LogP contribution is -2.59. The molecule has 2 aromatic carbocycles. The summed E-state index contributed by atoms with van der Waals surface area (Å²) in [4.78, 5) is 13.7. The van der Waals surface area contributed by atoms with Gasteiger partial charge in [-0.05, 0) is 18.2 Å². The number of ether oxygens (including phenoxy) is 1. The maximum atomic E-state index is 13.7. The van der Waals surface area contributed by atoms with Crippen LogP contribution in [0.2, 0.25) is 0 Å². The van der Waals surface area contributed by atoms with Crippen molar-refractivity contribution in [1.29, 1.82) is 0 Å². The highest BCUT2D eigenvalue weighted by molar-refractivity contribution is 5.87. The molecule has 2 rings (SSSR count). The minimum atomic E-state index is -6.43. The summed E-state index contributed by atoms with van der Waals surface area (Å²) < 4.78 is 109. The van der Waals surface area contributed by atoms with Crippen LogP contribution in [0.1, 0.15) is 5.56 Å². The van der Waals surface area contributed by atoms with E-state index in [9.17, 15) is 50.3 Å². The third-order valence-corrected chi connectivity index (χ3v) is 4.01. The monoisotopic (exact) mass is 472 g/mol. The number of phenolic OH excluding ortho intramolecular Hbond substituents is 1. The van der Waals surface area contributed by atoms with Gasteiger partial charge in [0.05, 0.1) is 4.92 Å². The second-order valence-corrected chi connectivity index (χ2v) is 6.19. The van der Waals surface area contributed by atoms with Gasteiger partial charge in [0.15, 0.2) is 6.61 Å². The molecule has 0 fully saturated rings. The molecule has 0 aliphatic rings. The van der Waals surface area contributed by atoms with Crippen molar-refractivity contribution in [3.05, 3.63) is 58.1 Å². The lowest BCUT2D eigenvalue weighted by atomic mass is 10.1. The van der Waals surface area contributed by atoms with E-state index in [-0.39, 0.29) is 11.3 Å². The molecular weight excluding hydrogens is 460 g/mol. The van der Waals surface area contributed by atoms with Gasteiger partial charge in [-0.25, -0.2) is 8.78 Å². The van der Waals surface area contributed by atoms with Gasteiger partial charge in [-0.1, -0.05) is 18.2 Å². The third kappa shape index (κ3) is 4.73. The first-order valence-electron chi connectivity index (χ1n) is 8.36. The van der Waals surface area contributed by atoms with Gasteiger partial charge in [-0.3, -0.25) is 15.1 Å². The Labute approximate surface area is 173 Å². The molecule has 0 unspecified atom stereocenters. The fourth-order valence-corrected chi connectivity index (χ4v) is 2.27. The number of nitrogens with zero attached hydrogens (tertiary/aromatic N) is 2. The maximum Gasteiger partial charge on any atom is 0.381 e. The molecule has 1 N–H and O–H groups in total. The summed E-state index contributed by atoms with van der Waals surface area (Å²) in [6, 6.07) is 7.93. The number of alkyl halides is 8. The molecule has 0 amide bonds. The molecule has 32 heavy (non-hydrogen) atoms. The summed E-state index contributed by atoms with van der Waals surface area (Å²) >= 11 is 0. The van der Waals surface area contributed by atoms with Gasteiger partial charge in [0.1, 0.15) is 11.4 Å². The number of rotatable bonds is 9. The quantitative estimate of drug-likeness (QED) is 0.223. The smallest absolute Gasteiger partial charge is 0.381 e. The third-order valence-electron chi connectivity index (χ3n) is 4.01. The summed E-state index contributed by atoms with van der Waals surface area (Å²) in [7, 11) is 0. The molecule has 14 heteroatoms. The van der Waals surface area contributed by atoms with Crippen molar-refractivity contribution in [3.63, 3.8) is 0 Å². The number of benzene rings is 2. The number of phenols is 1. The average Bonchev–Trinajstić information content (AvgIpc) is 2.71. The van der Waals surface area contributed by atoms with E-state index in [0.717, 1.165) is 24.4 Å². The van der Waals surface area contributed by atoms with Crippen LogP contribution in [0.25, 0.3) is 0 Å². The van der Waals surface area contributed by atoms with Crippen LogP contribution in [0, 0.1) is 10.1 Å². The van der Waals surface area contributed by atoms with Gasteiger partial charge < -0.3 is 9.84 Å². The molecule has 0 aromatic heterocycles. The zero-order valence-electron chi connectivity index (χ0n) is 15.5. The van der Waals surface area contributed by atoms with Gasteiger partial charge in [-0.15, -0.1) is 0 Å². The van der Waals surface area contributed by atoms with Crippen molar-refractivity contribution in [1.82, 2.24) is 0 Å². The molecule has 0 aliphatic heterocycles. The summed E-state index contributed by atoms with van der Waals surface area (Å²) in [6.07, 6.45) is -4.19. The Bertz CT molecular complexity index is 1010. The summed E-state index contributed by atoms with van der Waals surface area (Å²) in [5, 5.41) is 20.7. The maximum absolute atomic E-state index is 13.7. The van der Waals surface area contributed by atoms with Crippen LogP contribution in [-0.2, 0) is 0 Å². The second kappa shape index (κ2) is 8.96. The normalized spacial score (nSPS) is 13.0. The first-order valence-corrected chi connectivity index (χ1v) is 8.36. The predicted molar refractivity (Wildman–Crippen MR) is 94.8 cm³/mol. The number of nitro benzene ring substituents is 1. The zero-order chi connectivity index (χ0) is 24.3. The van der Waals surface area contributed by atoms with E-state index >= 15 is 0 Å². The van der Waals surface area contributed by atoms with Crippen LogP contribution in [-0.4, -0.2) is 47.0 Å². The Kier molecular flexibility index (Phi) is 6.95. The van der Waals surface area contributed by atoms with Gasteiger partial charge in [0.2, 0.25) is 5.75 Å². The highest BCUT2D eigenvalue weighted by Crippen LogP contribution is 2.48. The van der Waals surface area contributed by atoms with Crippen molar-refractivity contribution in [2.24, 2.45) is 4.99 Å². The first kappa shape index (κ1) is 24.8. The zero-order valence-corrected chi connectivity index (χ0v) is 15.5. The van der Waals surface area contributed by atoms with Crippen LogP contribution in [0.3, 0.4) is 0 Å². The number of nitro groups is 1. The van der Waals surface area contributed by atoms with Crippen LogP contribution in [0.4, 0.5) is 46.5 Å². The van der Waals surface area contributed by atoms with Gasteiger partial charge in [-0.2, -0.15) is 26.3 Å². The molecule has 6 nitrogen and oxygen atoms in total. The number of halogens is 8. The topological polar surface area (TPSA) is 85.0 Å². The number of para-hydroxylation sites is 3. The highest BCUT2D eigenvalue weighted by atomic mass is 19.4. The fraction of sp³-hybridized carbons (Fsp3) is 0.278. The van der Waals surface area contributed by atoms with Crippen LogP contribution in [0.5, 0.6) is 11.5 Å². The molecule has 0 saturated carbocycles. The number of aliphatic imine (C=N–C) groups is 1. The molecule has 0 heterocycles. The van der Waals surface area contributed by atoms with Gasteiger partial charge >= 0.3 is 29.9 Å². The minimum Gasteiger partial charge on any atom is -0.502 e. The van der Waals surface area contributed by atoms with Crippen LogP contribution < -0.4 is 4.74 Å². The lowest BCUT2D eigenvalue weighted by Gasteiger charge is -2.32. The lowest BCUT2D eigenvalue weighted by molar-refractivity contribution is -0.385. The summed E-state index contributed by atoms with van der Waals surface area (Å²) in [5.41, 5.74) is -1.17. The van der Waals surface area contributed by atoms with Gasteiger partial charge in [0.25, 0.3) is 0 Å². The van der Waals surface area contributed by atoms with E-state index in [2.05, 4.69) is 9.73 Å². The molecule has 0 bridgehead atoms. The van der Waals surface area contributed by atoms with E-state index in [1.807, 2.05) is 0 Å². The Hall–Kier alpha value is -3.45. The molecule has 174 valence electrons. The number of hydrogen-bond donors (Lipinski definition) is 1.